The molecule has 2 aliphatic rings. The van der Waals surface area contributed by atoms with E-state index in [1.807, 2.05) is 6.07 Å². The summed E-state index contributed by atoms with van der Waals surface area (Å²) in [5.41, 5.74) is 8.27. The van der Waals surface area contributed by atoms with Gasteiger partial charge in [0.15, 0.2) is 0 Å². The molecule has 0 bridgehead atoms. The van der Waals surface area contributed by atoms with Gasteiger partial charge in [0.2, 0.25) is 5.91 Å². The van der Waals surface area contributed by atoms with Crippen molar-refractivity contribution in [3.63, 3.8) is 0 Å². The number of hydrogen-bond donors (Lipinski definition) is 2. The van der Waals surface area contributed by atoms with Crippen molar-refractivity contribution in [2.75, 3.05) is 49.1 Å². The third-order valence-corrected chi connectivity index (χ3v) is 7.80. The Kier molecular flexibility index (Phi) is 8.10. The maximum absolute atomic E-state index is 13.6. The van der Waals surface area contributed by atoms with Gasteiger partial charge in [-0.1, -0.05) is 48.5 Å². The number of carbonyl (C=O) groups is 1. The Balaban J connectivity index is 1.42. The van der Waals surface area contributed by atoms with E-state index in [2.05, 4.69) is 94.9 Å². The van der Waals surface area contributed by atoms with E-state index >= 15 is 0 Å². The number of nitrogens with zero attached hydrogens (tertiary/aromatic N) is 2. The Bertz CT molecular complexity index is 1200. The minimum atomic E-state index is -0.192. The molecule has 0 aliphatic carbocycles. The summed E-state index contributed by atoms with van der Waals surface area (Å²) < 4.78 is 0. The van der Waals surface area contributed by atoms with Crippen LogP contribution in [0.25, 0.3) is 0 Å². The van der Waals surface area contributed by atoms with Crippen molar-refractivity contribution in [3.8, 4) is 0 Å². The molecule has 1 amide bonds. The summed E-state index contributed by atoms with van der Waals surface area (Å²) in [6, 6.07) is 23.5. The normalized spacial score (nSPS) is 16.9. The van der Waals surface area contributed by atoms with Gasteiger partial charge in [-0.25, -0.2) is 0 Å². The first-order valence-corrected chi connectivity index (χ1v) is 13.8. The number of rotatable bonds is 7. The zero-order chi connectivity index (χ0) is 25.6. The van der Waals surface area contributed by atoms with Crippen molar-refractivity contribution in [2.45, 2.75) is 45.6 Å². The summed E-state index contributed by atoms with van der Waals surface area (Å²) in [4.78, 5) is 18.5. The monoisotopic (exact) mass is 496 g/mol. The molecule has 2 aliphatic heterocycles. The summed E-state index contributed by atoms with van der Waals surface area (Å²) in [6.45, 7) is 10.4. The van der Waals surface area contributed by atoms with Crippen LogP contribution in [0.1, 0.15) is 53.1 Å². The highest BCUT2D eigenvalue weighted by Gasteiger charge is 2.24. The number of nitrogens with one attached hydrogen (secondary N) is 2. The van der Waals surface area contributed by atoms with E-state index in [4.69, 9.17) is 0 Å². The molecule has 2 saturated heterocycles. The van der Waals surface area contributed by atoms with Crippen LogP contribution in [-0.4, -0.2) is 45.2 Å². The van der Waals surface area contributed by atoms with E-state index in [9.17, 15) is 4.79 Å². The number of piperidine rings is 1. The van der Waals surface area contributed by atoms with Crippen molar-refractivity contribution in [1.29, 1.82) is 0 Å². The molecule has 0 aromatic heterocycles. The van der Waals surface area contributed by atoms with Crippen molar-refractivity contribution >= 4 is 17.3 Å². The maximum Gasteiger partial charge on any atom is 0.225 e. The van der Waals surface area contributed by atoms with Crippen LogP contribution in [0.3, 0.4) is 0 Å². The summed E-state index contributed by atoms with van der Waals surface area (Å²) in [5.74, 6) is 0.0552. The first kappa shape index (κ1) is 25.3. The number of carbonyl (C=O) groups excluding carboxylic acids is 1. The molecule has 5 rings (SSSR count). The van der Waals surface area contributed by atoms with Crippen LogP contribution in [0.5, 0.6) is 0 Å². The topological polar surface area (TPSA) is 47.6 Å². The Hall–Kier alpha value is -3.31. The first-order valence-electron chi connectivity index (χ1n) is 13.8. The quantitative estimate of drug-likeness (QED) is 0.475. The number of benzene rings is 3. The molecular weight excluding hydrogens is 456 g/mol. The van der Waals surface area contributed by atoms with Crippen molar-refractivity contribution in [2.24, 2.45) is 0 Å². The highest BCUT2D eigenvalue weighted by atomic mass is 16.1. The number of amides is 1. The molecule has 3 aromatic rings. The molecule has 5 heteroatoms. The maximum atomic E-state index is 13.6. The highest BCUT2D eigenvalue weighted by Crippen LogP contribution is 2.33. The largest absolute Gasteiger partial charge is 0.371 e. The van der Waals surface area contributed by atoms with E-state index in [0.717, 1.165) is 56.0 Å². The second-order valence-electron chi connectivity index (χ2n) is 10.5. The Morgan fingerprint density at radius 3 is 2.38 bits per heavy atom. The number of piperazine rings is 1. The summed E-state index contributed by atoms with van der Waals surface area (Å²) in [5, 5.41) is 6.85. The first-order chi connectivity index (χ1) is 18.1. The fourth-order valence-electron chi connectivity index (χ4n) is 5.65. The molecule has 5 nitrogen and oxygen atoms in total. The predicted molar refractivity (Wildman–Crippen MR) is 154 cm³/mol. The summed E-state index contributed by atoms with van der Waals surface area (Å²) in [7, 11) is 0. The van der Waals surface area contributed by atoms with Crippen molar-refractivity contribution in [3.05, 3.63) is 94.5 Å². The van der Waals surface area contributed by atoms with Crippen LogP contribution in [0, 0.1) is 13.8 Å². The fourth-order valence-corrected chi connectivity index (χ4v) is 5.65. The third-order valence-electron chi connectivity index (χ3n) is 7.80. The van der Waals surface area contributed by atoms with E-state index in [0.29, 0.717) is 6.42 Å². The van der Waals surface area contributed by atoms with Crippen LogP contribution >= 0.6 is 0 Å². The second kappa shape index (κ2) is 11.8. The summed E-state index contributed by atoms with van der Waals surface area (Å²) >= 11 is 0. The molecule has 1 atom stereocenters. The van der Waals surface area contributed by atoms with Gasteiger partial charge in [-0.3, -0.25) is 4.79 Å². The van der Waals surface area contributed by atoms with E-state index < -0.39 is 0 Å². The lowest BCUT2D eigenvalue weighted by Gasteiger charge is -2.33. The lowest BCUT2D eigenvalue weighted by atomic mass is 9.94. The van der Waals surface area contributed by atoms with Gasteiger partial charge in [0, 0.05) is 56.2 Å². The van der Waals surface area contributed by atoms with Crippen LogP contribution in [-0.2, 0) is 11.2 Å². The Morgan fingerprint density at radius 2 is 1.62 bits per heavy atom. The number of hydrogen-bond acceptors (Lipinski definition) is 4. The lowest BCUT2D eigenvalue weighted by molar-refractivity contribution is -0.120. The fraction of sp³-hybridized carbons (Fsp3) is 0.406. The van der Waals surface area contributed by atoms with E-state index in [1.54, 1.807) is 0 Å². The van der Waals surface area contributed by atoms with Gasteiger partial charge in [0.05, 0.1) is 12.5 Å². The minimum absolute atomic E-state index is 0.0552. The van der Waals surface area contributed by atoms with Gasteiger partial charge in [0.1, 0.15) is 0 Å². The minimum Gasteiger partial charge on any atom is -0.371 e. The van der Waals surface area contributed by atoms with Crippen LogP contribution in [0.15, 0.2) is 66.7 Å². The molecule has 194 valence electrons. The van der Waals surface area contributed by atoms with E-state index in [-0.39, 0.29) is 11.9 Å². The van der Waals surface area contributed by atoms with Gasteiger partial charge in [-0.2, -0.15) is 0 Å². The zero-order valence-electron chi connectivity index (χ0n) is 22.3. The van der Waals surface area contributed by atoms with Gasteiger partial charge >= 0.3 is 0 Å². The SMILES string of the molecule is Cc1ccc(C(NC(=O)Cc2cc(N3CCNCC3)ccc2C)c2ccccc2)c(N2CCCCC2)c1. The highest BCUT2D eigenvalue weighted by molar-refractivity contribution is 5.81. The summed E-state index contributed by atoms with van der Waals surface area (Å²) in [6.07, 6.45) is 4.11. The van der Waals surface area contributed by atoms with Crippen LogP contribution in [0.2, 0.25) is 0 Å². The van der Waals surface area contributed by atoms with Crippen molar-refractivity contribution in [1.82, 2.24) is 10.6 Å². The number of aryl methyl sites for hydroxylation is 2. The molecule has 0 saturated carbocycles. The number of anilines is 2. The molecular formula is C32H40N4O. The lowest BCUT2D eigenvalue weighted by Crippen LogP contribution is -2.43. The molecule has 1 unspecified atom stereocenters. The average Bonchev–Trinajstić information content (AvgIpc) is 2.94. The Morgan fingerprint density at radius 1 is 0.865 bits per heavy atom. The Labute approximate surface area is 221 Å². The predicted octanol–water partition coefficient (Wildman–Crippen LogP) is 5.15. The molecule has 0 spiro atoms. The smallest absolute Gasteiger partial charge is 0.225 e. The standard InChI is InChI=1S/C32H40N4O/c1-24-11-14-29(30(21-24)36-17-7-4-8-18-36)32(26-9-5-3-6-10-26)34-31(37)23-27-22-28(13-12-25(27)2)35-19-15-33-16-20-35/h3,5-6,9-14,21-22,32-33H,4,7-8,15-20,23H2,1-2H3,(H,34,37). The van der Waals surface area contributed by atoms with Gasteiger partial charge in [-0.15, -0.1) is 0 Å². The molecule has 2 N–H and O–H groups in total. The third kappa shape index (κ3) is 6.16. The zero-order valence-corrected chi connectivity index (χ0v) is 22.3. The molecule has 37 heavy (non-hydrogen) atoms. The van der Waals surface area contributed by atoms with E-state index in [1.165, 1.54) is 41.8 Å². The molecule has 3 aromatic carbocycles. The van der Waals surface area contributed by atoms with Gasteiger partial charge in [-0.05, 0) is 73.6 Å². The molecule has 2 heterocycles. The van der Waals surface area contributed by atoms with Crippen LogP contribution in [0.4, 0.5) is 11.4 Å². The second-order valence-corrected chi connectivity index (χ2v) is 10.5. The van der Waals surface area contributed by atoms with Gasteiger partial charge < -0.3 is 20.4 Å². The average molecular weight is 497 g/mol. The van der Waals surface area contributed by atoms with Gasteiger partial charge in [0.25, 0.3) is 0 Å². The van der Waals surface area contributed by atoms with Crippen molar-refractivity contribution < 1.29 is 4.79 Å². The molecule has 0 radical (unpaired) electrons. The van der Waals surface area contributed by atoms with Crippen LogP contribution < -0.4 is 20.4 Å². The molecule has 2 fully saturated rings.